The van der Waals surface area contributed by atoms with E-state index in [1.165, 1.54) is 0 Å². The van der Waals surface area contributed by atoms with E-state index in [2.05, 4.69) is 15.2 Å². The molecule has 21 heavy (non-hydrogen) atoms. The Morgan fingerprint density at radius 2 is 2.05 bits per heavy atom. The molecule has 9 heteroatoms. The number of hydrogen-bond acceptors (Lipinski definition) is 7. The van der Waals surface area contributed by atoms with Crippen molar-refractivity contribution in [2.45, 2.75) is 44.4 Å². The lowest BCUT2D eigenvalue weighted by atomic mass is 10.2. The van der Waals surface area contributed by atoms with Gasteiger partial charge in [-0.25, -0.2) is 0 Å². The van der Waals surface area contributed by atoms with E-state index >= 15 is 0 Å². The third-order valence-electron chi connectivity index (χ3n) is 2.23. The zero-order valence-electron chi connectivity index (χ0n) is 11.8. The normalized spacial score (nSPS) is 10.6. The van der Waals surface area contributed by atoms with Gasteiger partial charge in [-0.15, -0.1) is 10.2 Å². The van der Waals surface area contributed by atoms with Crippen LogP contribution in [0.15, 0.2) is 9.95 Å². The smallest absolute Gasteiger partial charge is 0.306 e. The van der Waals surface area contributed by atoms with Crippen molar-refractivity contribution >= 4 is 23.7 Å². The number of aliphatic carboxylic acids is 1. The highest BCUT2D eigenvalue weighted by Crippen LogP contribution is 2.11. The molecule has 0 aliphatic carbocycles. The number of hydrogen-bond donors (Lipinski definition) is 2. The molecule has 1 heterocycles. The van der Waals surface area contributed by atoms with E-state index in [0.717, 1.165) is 11.8 Å². The van der Waals surface area contributed by atoms with Crippen LogP contribution in [0, 0.1) is 0 Å². The first-order chi connectivity index (χ1) is 9.88. The van der Waals surface area contributed by atoms with Crippen LogP contribution in [0.1, 0.15) is 32.4 Å². The van der Waals surface area contributed by atoms with Gasteiger partial charge in [-0.05, 0) is 13.8 Å². The van der Waals surface area contributed by atoms with Crippen LogP contribution >= 0.6 is 11.8 Å². The van der Waals surface area contributed by atoms with Crippen LogP contribution in [0.2, 0.25) is 0 Å². The number of ether oxygens (including phenoxy) is 1. The van der Waals surface area contributed by atoms with Crippen LogP contribution in [-0.4, -0.2) is 44.1 Å². The fraction of sp³-hybridized carbons (Fsp3) is 0.583. The zero-order chi connectivity index (χ0) is 15.8. The Kier molecular flexibility index (Phi) is 6.86. The number of carbonyl (C=O) groups is 2. The summed E-state index contributed by atoms with van der Waals surface area (Å²) in [6.45, 7) is 3.49. The van der Waals surface area contributed by atoms with Crippen LogP contribution in [0.25, 0.3) is 0 Å². The first-order valence-corrected chi connectivity index (χ1v) is 7.37. The Morgan fingerprint density at radius 1 is 1.33 bits per heavy atom. The SMILES string of the molecule is CC(C)OC(=O)CCc1nnc(SCCC(=O)O)[nH]c1=O. The molecule has 2 N–H and O–H groups in total. The molecule has 1 aromatic rings. The lowest BCUT2D eigenvalue weighted by Gasteiger charge is -2.07. The summed E-state index contributed by atoms with van der Waals surface area (Å²) in [5, 5.41) is 16.3. The number of esters is 1. The molecule has 0 unspecified atom stereocenters. The summed E-state index contributed by atoms with van der Waals surface area (Å²) in [5.41, 5.74) is -0.279. The van der Waals surface area contributed by atoms with Crippen molar-refractivity contribution in [3.63, 3.8) is 0 Å². The van der Waals surface area contributed by atoms with Crippen molar-refractivity contribution in [3.8, 4) is 0 Å². The molecule has 0 atom stereocenters. The summed E-state index contributed by atoms with van der Waals surface area (Å²) in [7, 11) is 0. The van der Waals surface area contributed by atoms with E-state index in [0.29, 0.717) is 5.75 Å². The second-order valence-electron chi connectivity index (χ2n) is 4.44. The van der Waals surface area contributed by atoms with Crippen molar-refractivity contribution in [2.75, 3.05) is 5.75 Å². The van der Waals surface area contributed by atoms with Crippen LogP contribution in [-0.2, 0) is 20.7 Å². The van der Waals surface area contributed by atoms with Crippen molar-refractivity contribution in [3.05, 3.63) is 16.0 Å². The van der Waals surface area contributed by atoms with E-state index in [1.54, 1.807) is 13.8 Å². The minimum atomic E-state index is -0.918. The predicted molar refractivity (Wildman–Crippen MR) is 75.2 cm³/mol. The molecule has 0 saturated carbocycles. The van der Waals surface area contributed by atoms with Crippen molar-refractivity contribution in [1.29, 1.82) is 0 Å². The molecular formula is C12H17N3O5S. The summed E-state index contributed by atoms with van der Waals surface area (Å²) in [4.78, 5) is 36.0. The molecule has 0 bridgehead atoms. The number of aromatic amines is 1. The van der Waals surface area contributed by atoms with E-state index in [4.69, 9.17) is 9.84 Å². The lowest BCUT2D eigenvalue weighted by Crippen LogP contribution is -2.20. The number of thioether (sulfide) groups is 1. The Labute approximate surface area is 125 Å². The van der Waals surface area contributed by atoms with Gasteiger partial charge in [0.2, 0.25) is 0 Å². The number of aromatic nitrogens is 3. The fourth-order valence-corrected chi connectivity index (χ4v) is 2.08. The highest BCUT2D eigenvalue weighted by atomic mass is 32.2. The molecule has 0 aliphatic heterocycles. The topological polar surface area (TPSA) is 122 Å². The molecule has 0 aliphatic rings. The number of rotatable bonds is 8. The van der Waals surface area contributed by atoms with Crippen LogP contribution < -0.4 is 5.56 Å². The van der Waals surface area contributed by atoms with Gasteiger partial charge in [-0.1, -0.05) is 11.8 Å². The molecular weight excluding hydrogens is 298 g/mol. The molecule has 1 aromatic heterocycles. The van der Waals surface area contributed by atoms with E-state index in [1.807, 2.05) is 0 Å². The minimum Gasteiger partial charge on any atom is -0.481 e. The first-order valence-electron chi connectivity index (χ1n) is 6.38. The predicted octanol–water partition coefficient (Wildman–Crippen LogP) is 0.616. The number of carbonyl (C=O) groups excluding carboxylic acids is 1. The highest BCUT2D eigenvalue weighted by Gasteiger charge is 2.10. The van der Waals surface area contributed by atoms with E-state index in [-0.39, 0.29) is 36.2 Å². The average molecular weight is 315 g/mol. The Balaban J connectivity index is 2.52. The second-order valence-corrected chi connectivity index (χ2v) is 5.52. The van der Waals surface area contributed by atoms with Gasteiger partial charge in [0.25, 0.3) is 5.56 Å². The fourth-order valence-electron chi connectivity index (χ4n) is 1.35. The standard InChI is InChI=1S/C12H17N3O5S/c1-7(2)20-10(18)4-3-8-11(19)13-12(15-14-8)21-6-5-9(16)17/h7H,3-6H2,1-2H3,(H,16,17)(H,13,15,19). The molecule has 8 nitrogen and oxygen atoms in total. The molecule has 0 saturated heterocycles. The van der Waals surface area contributed by atoms with Gasteiger partial charge in [0.05, 0.1) is 18.9 Å². The quantitative estimate of drug-likeness (QED) is 0.528. The van der Waals surface area contributed by atoms with Gasteiger partial charge in [-0.2, -0.15) is 0 Å². The summed E-state index contributed by atoms with van der Waals surface area (Å²) in [6.07, 6.45) is -0.0260. The zero-order valence-corrected chi connectivity index (χ0v) is 12.6. The van der Waals surface area contributed by atoms with E-state index in [9.17, 15) is 14.4 Å². The molecule has 0 radical (unpaired) electrons. The number of carboxylic acid groups (broad SMARTS) is 1. The minimum absolute atomic E-state index is 0.0306. The molecule has 116 valence electrons. The number of nitrogens with one attached hydrogen (secondary N) is 1. The molecule has 0 fully saturated rings. The number of carboxylic acids is 1. The Morgan fingerprint density at radius 3 is 2.62 bits per heavy atom. The maximum atomic E-state index is 11.7. The molecule has 1 rings (SSSR count). The van der Waals surface area contributed by atoms with Gasteiger partial charge in [0, 0.05) is 12.2 Å². The maximum Gasteiger partial charge on any atom is 0.306 e. The summed E-state index contributed by atoms with van der Waals surface area (Å²) in [5.74, 6) is -1.02. The summed E-state index contributed by atoms with van der Waals surface area (Å²) in [6, 6.07) is 0. The van der Waals surface area contributed by atoms with Crippen molar-refractivity contribution in [2.24, 2.45) is 0 Å². The largest absolute Gasteiger partial charge is 0.481 e. The summed E-state index contributed by atoms with van der Waals surface area (Å²) < 4.78 is 4.95. The number of aryl methyl sites for hydroxylation is 1. The van der Waals surface area contributed by atoms with Crippen LogP contribution in [0.4, 0.5) is 0 Å². The van der Waals surface area contributed by atoms with Crippen LogP contribution in [0.3, 0.4) is 0 Å². The maximum absolute atomic E-state index is 11.7. The van der Waals surface area contributed by atoms with Gasteiger partial charge >= 0.3 is 11.9 Å². The lowest BCUT2D eigenvalue weighted by molar-refractivity contribution is -0.147. The molecule has 0 amide bonds. The molecule has 0 spiro atoms. The van der Waals surface area contributed by atoms with Crippen LogP contribution in [0.5, 0.6) is 0 Å². The van der Waals surface area contributed by atoms with Gasteiger partial charge in [-0.3, -0.25) is 19.4 Å². The van der Waals surface area contributed by atoms with Crippen molar-refractivity contribution < 1.29 is 19.4 Å². The monoisotopic (exact) mass is 315 g/mol. The Bertz CT molecular complexity index is 558. The second kappa shape index (κ2) is 8.40. The number of H-pyrrole nitrogens is 1. The first kappa shape index (κ1) is 17.2. The van der Waals surface area contributed by atoms with Gasteiger partial charge in [0.15, 0.2) is 5.16 Å². The van der Waals surface area contributed by atoms with Gasteiger partial charge < -0.3 is 9.84 Å². The molecule has 0 aromatic carbocycles. The average Bonchev–Trinajstić information content (AvgIpc) is 2.36. The third-order valence-corrected chi connectivity index (χ3v) is 3.10. The third kappa shape index (κ3) is 6.89. The highest BCUT2D eigenvalue weighted by molar-refractivity contribution is 7.99. The van der Waals surface area contributed by atoms with Gasteiger partial charge in [0.1, 0.15) is 5.69 Å². The van der Waals surface area contributed by atoms with E-state index < -0.39 is 17.5 Å². The Hall–Kier alpha value is -1.90. The summed E-state index contributed by atoms with van der Waals surface area (Å²) >= 11 is 1.10. The van der Waals surface area contributed by atoms with Crippen molar-refractivity contribution in [1.82, 2.24) is 15.2 Å². The number of nitrogens with zero attached hydrogens (tertiary/aromatic N) is 2.